The molecule has 0 amide bonds. The van der Waals surface area contributed by atoms with Crippen LogP contribution in [0.1, 0.15) is 31.2 Å². The summed E-state index contributed by atoms with van der Waals surface area (Å²) in [4.78, 5) is 7.94. The van der Waals surface area contributed by atoms with Gasteiger partial charge in [-0.15, -0.1) is 0 Å². The Morgan fingerprint density at radius 1 is 1.21 bits per heavy atom. The maximum atomic E-state index is 6.11. The van der Waals surface area contributed by atoms with Crippen LogP contribution in [-0.4, -0.2) is 23.2 Å². The second kappa shape index (κ2) is 7.57. The molecule has 1 aliphatic carbocycles. The van der Waals surface area contributed by atoms with Crippen molar-refractivity contribution in [3.8, 4) is 11.5 Å². The third-order valence-electron chi connectivity index (χ3n) is 4.01. The molecule has 2 aromatic rings. The first-order valence-corrected chi connectivity index (χ1v) is 8.39. The molecular weight excluding hydrogens is 328 g/mol. The Balaban J connectivity index is 1.70. The van der Waals surface area contributed by atoms with E-state index in [0.717, 1.165) is 29.9 Å². The Morgan fingerprint density at radius 3 is 2.71 bits per heavy atom. The molecule has 1 aromatic carbocycles. The fourth-order valence-corrected chi connectivity index (χ4v) is 3.02. The van der Waals surface area contributed by atoms with Crippen LogP contribution in [0.25, 0.3) is 0 Å². The highest BCUT2D eigenvalue weighted by Gasteiger charge is 2.18. The smallest absolute Gasteiger partial charge is 0.223 e. The van der Waals surface area contributed by atoms with Crippen LogP contribution in [0.15, 0.2) is 24.3 Å². The van der Waals surface area contributed by atoms with Gasteiger partial charge in [0.1, 0.15) is 11.0 Å². The normalized spacial score (nSPS) is 14.6. The summed E-state index contributed by atoms with van der Waals surface area (Å²) in [5, 5.41) is 3.50. The fourth-order valence-electron chi connectivity index (χ4n) is 2.83. The van der Waals surface area contributed by atoms with Crippen LogP contribution in [0.2, 0.25) is 5.15 Å². The van der Waals surface area contributed by atoms with Crippen LogP contribution in [-0.2, 0) is 6.54 Å². The predicted molar refractivity (Wildman–Crippen MR) is 94.7 cm³/mol. The van der Waals surface area contributed by atoms with Crippen molar-refractivity contribution in [3.63, 3.8) is 0 Å². The number of halogens is 1. The standard InChI is InChI=1S/C17H21ClN4O2/c1-23-13-7-6-11(8-14(13)24-12-4-2-3-5-12)10-20-16-9-15(18)21-17(19)22-16/h6-9,12H,2-5,10H2,1H3,(H3,19,20,21,22). The maximum Gasteiger partial charge on any atom is 0.223 e. The van der Waals surface area contributed by atoms with Crippen molar-refractivity contribution in [3.05, 3.63) is 35.0 Å². The zero-order chi connectivity index (χ0) is 16.9. The molecule has 0 atom stereocenters. The minimum atomic E-state index is 0.144. The van der Waals surface area contributed by atoms with Crippen molar-refractivity contribution in [2.75, 3.05) is 18.2 Å². The Hall–Kier alpha value is -2.21. The number of aromatic nitrogens is 2. The molecule has 1 saturated carbocycles. The van der Waals surface area contributed by atoms with Crippen LogP contribution in [0.3, 0.4) is 0 Å². The summed E-state index contributed by atoms with van der Waals surface area (Å²) < 4.78 is 11.5. The van der Waals surface area contributed by atoms with E-state index in [-0.39, 0.29) is 12.1 Å². The number of nitrogen functional groups attached to an aromatic ring is 1. The predicted octanol–water partition coefficient (Wildman–Crippen LogP) is 3.65. The van der Waals surface area contributed by atoms with Gasteiger partial charge in [-0.2, -0.15) is 4.98 Å². The molecule has 0 bridgehead atoms. The van der Waals surface area contributed by atoms with Gasteiger partial charge in [0.15, 0.2) is 11.5 Å². The van der Waals surface area contributed by atoms with Crippen molar-refractivity contribution in [2.24, 2.45) is 0 Å². The number of ether oxygens (including phenoxy) is 2. The minimum Gasteiger partial charge on any atom is -0.493 e. The van der Waals surface area contributed by atoms with Gasteiger partial charge in [-0.3, -0.25) is 0 Å². The fraction of sp³-hybridized carbons (Fsp3) is 0.412. The summed E-state index contributed by atoms with van der Waals surface area (Å²) in [5.74, 6) is 2.26. The lowest BCUT2D eigenvalue weighted by molar-refractivity contribution is 0.200. The second-order valence-corrected chi connectivity index (χ2v) is 6.18. The van der Waals surface area contributed by atoms with E-state index in [4.69, 9.17) is 26.8 Å². The third-order valence-corrected chi connectivity index (χ3v) is 4.20. The molecular formula is C17H21ClN4O2. The zero-order valence-corrected chi connectivity index (χ0v) is 14.3. The summed E-state index contributed by atoms with van der Waals surface area (Å²) >= 11 is 5.88. The highest BCUT2D eigenvalue weighted by atomic mass is 35.5. The highest BCUT2D eigenvalue weighted by molar-refractivity contribution is 6.29. The maximum absolute atomic E-state index is 6.11. The summed E-state index contributed by atoms with van der Waals surface area (Å²) in [7, 11) is 1.65. The molecule has 1 aliphatic rings. The lowest BCUT2D eigenvalue weighted by Crippen LogP contribution is -2.12. The van der Waals surface area contributed by atoms with Crippen LogP contribution in [0.4, 0.5) is 11.8 Å². The second-order valence-electron chi connectivity index (χ2n) is 5.80. The van der Waals surface area contributed by atoms with Crippen molar-refractivity contribution in [1.29, 1.82) is 0 Å². The van der Waals surface area contributed by atoms with Crippen molar-refractivity contribution in [2.45, 2.75) is 38.3 Å². The first-order valence-electron chi connectivity index (χ1n) is 8.01. The Bertz CT molecular complexity index is 685. The van der Waals surface area contributed by atoms with Gasteiger partial charge >= 0.3 is 0 Å². The SMILES string of the molecule is COc1ccc(CNc2cc(Cl)nc(N)n2)cc1OC1CCCC1. The molecule has 3 N–H and O–H groups in total. The highest BCUT2D eigenvalue weighted by Crippen LogP contribution is 2.32. The average Bonchev–Trinajstić information content (AvgIpc) is 3.05. The molecule has 1 fully saturated rings. The van der Waals surface area contributed by atoms with Crippen LogP contribution in [0.5, 0.6) is 11.5 Å². The topological polar surface area (TPSA) is 82.3 Å². The molecule has 0 saturated heterocycles. The number of nitrogens with two attached hydrogens (primary N) is 1. The summed E-state index contributed by atoms with van der Waals surface area (Å²) in [6.07, 6.45) is 4.94. The largest absolute Gasteiger partial charge is 0.493 e. The Labute approximate surface area is 146 Å². The Morgan fingerprint density at radius 2 is 2.00 bits per heavy atom. The molecule has 24 heavy (non-hydrogen) atoms. The van der Waals surface area contributed by atoms with E-state index < -0.39 is 0 Å². The summed E-state index contributed by atoms with van der Waals surface area (Å²) in [5.41, 5.74) is 6.65. The van der Waals surface area contributed by atoms with E-state index in [1.807, 2.05) is 18.2 Å². The van der Waals surface area contributed by atoms with Crippen molar-refractivity contribution < 1.29 is 9.47 Å². The number of anilines is 2. The summed E-state index contributed by atoms with van der Waals surface area (Å²) in [6.45, 7) is 0.567. The van der Waals surface area contributed by atoms with E-state index in [1.54, 1.807) is 13.2 Å². The molecule has 3 rings (SSSR count). The van der Waals surface area contributed by atoms with E-state index in [9.17, 15) is 0 Å². The van der Waals surface area contributed by atoms with Gasteiger partial charge in [-0.1, -0.05) is 17.7 Å². The van der Waals surface area contributed by atoms with Gasteiger partial charge in [0.2, 0.25) is 5.95 Å². The van der Waals surface area contributed by atoms with Crippen LogP contribution >= 0.6 is 11.6 Å². The molecule has 1 heterocycles. The minimum absolute atomic E-state index is 0.144. The number of methoxy groups -OCH3 is 1. The van der Waals surface area contributed by atoms with E-state index in [0.29, 0.717) is 17.5 Å². The van der Waals surface area contributed by atoms with Crippen LogP contribution < -0.4 is 20.5 Å². The Kier molecular flexibility index (Phi) is 5.25. The monoisotopic (exact) mass is 348 g/mol. The number of nitrogens with one attached hydrogen (secondary N) is 1. The van der Waals surface area contributed by atoms with Gasteiger partial charge in [-0.25, -0.2) is 4.98 Å². The van der Waals surface area contributed by atoms with Gasteiger partial charge in [0.25, 0.3) is 0 Å². The van der Waals surface area contributed by atoms with Gasteiger partial charge < -0.3 is 20.5 Å². The lowest BCUT2D eigenvalue weighted by atomic mass is 10.2. The van der Waals surface area contributed by atoms with E-state index in [2.05, 4.69) is 15.3 Å². The number of hydrogen-bond donors (Lipinski definition) is 2. The molecule has 0 radical (unpaired) electrons. The number of rotatable bonds is 6. The first kappa shape index (κ1) is 16.6. The number of nitrogens with zero attached hydrogens (tertiary/aromatic N) is 2. The molecule has 0 aliphatic heterocycles. The summed E-state index contributed by atoms with van der Waals surface area (Å²) in [6, 6.07) is 7.54. The number of benzene rings is 1. The van der Waals surface area contributed by atoms with Gasteiger partial charge in [-0.05, 0) is 43.4 Å². The van der Waals surface area contributed by atoms with Gasteiger partial charge in [0, 0.05) is 12.6 Å². The number of hydrogen-bond acceptors (Lipinski definition) is 6. The molecule has 128 valence electrons. The molecule has 0 unspecified atom stereocenters. The first-order chi connectivity index (χ1) is 11.6. The molecule has 7 heteroatoms. The van der Waals surface area contributed by atoms with Crippen molar-refractivity contribution in [1.82, 2.24) is 9.97 Å². The molecule has 0 spiro atoms. The molecule has 6 nitrogen and oxygen atoms in total. The third kappa shape index (κ3) is 4.20. The van der Waals surface area contributed by atoms with E-state index in [1.165, 1.54) is 12.8 Å². The average molecular weight is 349 g/mol. The van der Waals surface area contributed by atoms with Gasteiger partial charge in [0.05, 0.1) is 13.2 Å². The van der Waals surface area contributed by atoms with Crippen molar-refractivity contribution >= 4 is 23.4 Å². The van der Waals surface area contributed by atoms with E-state index >= 15 is 0 Å². The lowest BCUT2D eigenvalue weighted by Gasteiger charge is -2.17. The quantitative estimate of drug-likeness (QED) is 0.775. The van der Waals surface area contributed by atoms with Crippen LogP contribution in [0, 0.1) is 0 Å². The molecule has 1 aromatic heterocycles. The zero-order valence-electron chi connectivity index (χ0n) is 13.6.